The molecule has 0 aromatic heterocycles. The highest BCUT2D eigenvalue weighted by atomic mass is 79.9. The van der Waals surface area contributed by atoms with E-state index in [1.165, 1.54) is 11.1 Å². The first-order valence-electron chi connectivity index (χ1n) is 5.98. The average molecular weight is 298 g/mol. The Morgan fingerprint density at radius 1 is 1.47 bits per heavy atom. The van der Waals surface area contributed by atoms with Crippen LogP contribution in [0.3, 0.4) is 0 Å². The topological polar surface area (TPSA) is 41.5 Å². The summed E-state index contributed by atoms with van der Waals surface area (Å²) in [5.74, 6) is 0.933. The van der Waals surface area contributed by atoms with Crippen molar-refractivity contribution in [1.29, 1.82) is 0 Å². The number of hydrogen-bond donors (Lipinski definition) is 2. The van der Waals surface area contributed by atoms with Crippen LogP contribution in [-0.4, -0.2) is 18.4 Å². The second kappa shape index (κ2) is 3.97. The summed E-state index contributed by atoms with van der Waals surface area (Å²) in [6.45, 7) is 0. The molecule has 4 heteroatoms. The average Bonchev–Trinajstić information content (AvgIpc) is 2.87. The van der Waals surface area contributed by atoms with Gasteiger partial charge in [-0.15, -0.1) is 0 Å². The lowest BCUT2D eigenvalue weighted by Gasteiger charge is -2.27. The molecule has 0 bridgehead atoms. The smallest absolute Gasteiger partial charge is 0.124 e. The Bertz CT molecular complexity index is 463. The van der Waals surface area contributed by atoms with Gasteiger partial charge in [-0.1, -0.05) is 15.9 Å². The number of ether oxygens (including phenoxy) is 1. The number of fused-ring (bicyclic) bond motifs is 2. The van der Waals surface area contributed by atoms with Gasteiger partial charge in [0, 0.05) is 10.0 Å². The van der Waals surface area contributed by atoms with E-state index in [9.17, 15) is 5.11 Å². The number of aliphatic hydroxyl groups excluding tert-OH is 1. The lowest BCUT2D eigenvalue weighted by molar-refractivity contribution is 0.139. The normalized spacial score (nSPS) is 30.9. The first-order valence-corrected chi connectivity index (χ1v) is 6.77. The minimum atomic E-state index is -0.385. The van der Waals surface area contributed by atoms with E-state index in [-0.39, 0.29) is 11.8 Å². The Morgan fingerprint density at radius 3 is 2.94 bits per heavy atom. The van der Waals surface area contributed by atoms with Crippen molar-refractivity contribution in [3.05, 3.63) is 27.7 Å². The first-order chi connectivity index (χ1) is 8.16. The van der Waals surface area contributed by atoms with Crippen molar-refractivity contribution < 1.29 is 9.84 Å². The van der Waals surface area contributed by atoms with E-state index < -0.39 is 0 Å². The second-order valence-electron chi connectivity index (χ2n) is 4.88. The van der Waals surface area contributed by atoms with Crippen LogP contribution in [0, 0.1) is 0 Å². The van der Waals surface area contributed by atoms with Gasteiger partial charge in [-0.2, -0.15) is 0 Å². The van der Waals surface area contributed by atoms with E-state index in [0.29, 0.717) is 0 Å². The summed E-state index contributed by atoms with van der Waals surface area (Å²) in [4.78, 5) is 0. The zero-order valence-electron chi connectivity index (χ0n) is 9.79. The molecule has 1 saturated heterocycles. The molecule has 1 fully saturated rings. The lowest BCUT2D eigenvalue weighted by Crippen LogP contribution is -2.38. The molecule has 0 radical (unpaired) electrons. The van der Waals surface area contributed by atoms with Crippen LogP contribution < -0.4 is 10.1 Å². The Morgan fingerprint density at radius 2 is 2.29 bits per heavy atom. The number of nitrogens with one attached hydrogen (secondary N) is 1. The van der Waals surface area contributed by atoms with Crippen LogP contribution in [0.5, 0.6) is 5.75 Å². The van der Waals surface area contributed by atoms with Crippen molar-refractivity contribution in [2.45, 2.75) is 37.5 Å². The molecular formula is C13H16BrNO2. The highest BCUT2D eigenvalue weighted by Gasteiger charge is 2.46. The maximum absolute atomic E-state index is 9.75. The van der Waals surface area contributed by atoms with Gasteiger partial charge in [0.05, 0.1) is 12.6 Å². The molecule has 2 N–H and O–H groups in total. The predicted molar refractivity (Wildman–Crippen MR) is 69.1 cm³/mol. The molecule has 1 aromatic carbocycles. The van der Waals surface area contributed by atoms with E-state index in [1.54, 1.807) is 7.11 Å². The standard InChI is InChI=1S/C13H16BrNO2/c1-17-10-3-2-9(14)8-4-6-13(12(8)10)7-5-11(16)15-13/h2-3,11,15-16H,4-7H2,1H3/t11?,13-/m0/s1. The summed E-state index contributed by atoms with van der Waals surface area (Å²) in [6, 6.07) is 4.05. The number of hydrogen-bond acceptors (Lipinski definition) is 3. The fraction of sp³-hybridized carbons (Fsp3) is 0.538. The fourth-order valence-corrected chi connectivity index (χ4v) is 3.77. The van der Waals surface area contributed by atoms with E-state index in [2.05, 4.69) is 21.2 Å². The van der Waals surface area contributed by atoms with Crippen LogP contribution in [0.2, 0.25) is 0 Å². The van der Waals surface area contributed by atoms with Gasteiger partial charge in [0.15, 0.2) is 0 Å². The zero-order chi connectivity index (χ0) is 12.0. The maximum Gasteiger partial charge on any atom is 0.124 e. The molecule has 1 unspecified atom stereocenters. The summed E-state index contributed by atoms with van der Waals surface area (Å²) < 4.78 is 6.64. The zero-order valence-corrected chi connectivity index (χ0v) is 11.4. The van der Waals surface area contributed by atoms with Crippen molar-refractivity contribution in [2.75, 3.05) is 7.11 Å². The molecule has 0 saturated carbocycles. The van der Waals surface area contributed by atoms with Gasteiger partial charge < -0.3 is 9.84 Å². The lowest BCUT2D eigenvalue weighted by atomic mass is 9.89. The molecule has 3 rings (SSSR count). The van der Waals surface area contributed by atoms with Gasteiger partial charge in [0.25, 0.3) is 0 Å². The van der Waals surface area contributed by atoms with Gasteiger partial charge in [0.1, 0.15) is 12.0 Å². The molecule has 1 aliphatic carbocycles. The van der Waals surface area contributed by atoms with Crippen molar-refractivity contribution >= 4 is 15.9 Å². The van der Waals surface area contributed by atoms with Crippen molar-refractivity contribution in [3.8, 4) is 5.75 Å². The van der Waals surface area contributed by atoms with Crippen molar-refractivity contribution in [3.63, 3.8) is 0 Å². The van der Waals surface area contributed by atoms with Crippen LogP contribution in [0.25, 0.3) is 0 Å². The van der Waals surface area contributed by atoms with Crippen LogP contribution >= 0.6 is 15.9 Å². The highest BCUT2D eigenvalue weighted by Crippen LogP contribution is 2.50. The van der Waals surface area contributed by atoms with E-state index >= 15 is 0 Å². The molecule has 3 nitrogen and oxygen atoms in total. The molecule has 0 amide bonds. The first kappa shape index (κ1) is 11.5. The van der Waals surface area contributed by atoms with Crippen LogP contribution in [0.15, 0.2) is 16.6 Å². The van der Waals surface area contributed by atoms with Crippen LogP contribution in [0.1, 0.15) is 30.4 Å². The highest BCUT2D eigenvalue weighted by molar-refractivity contribution is 9.10. The maximum atomic E-state index is 9.75. The summed E-state index contributed by atoms with van der Waals surface area (Å²) in [5, 5.41) is 13.1. The van der Waals surface area contributed by atoms with Crippen molar-refractivity contribution in [2.24, 2.45) is 0 Å². The molecular weight excluding hydrogens is 282 g/mol. The molecule has 92 valence electrons. The quantitative estimate of drug-likeness (QED) is 0.836. The molecule has 1 aliphatic heterocycles. The number of methoxy groups -OCH3 is 1. The van der Waals surface area contributed by atoms with Crippen LogP contribution in [0.4, 0.5) is 0 Å². The Hall–Kier alpha value is -0.580. The molecule has 2 aliphatic rings. The summed E-state index contributed by atoms with van der Waals surface area (Å²) in [5.41, 5.74) is 2.49. The monoisotopic (exact) mass is 297 g/mol. The van der Waals surface area contributed by atoms with Crippen LogP contribution in [-0.2, 0) is 12.0 Å². The third-order valence-corrected chi connectivity index (χ3v) is 4.75. The van der Waals surface area contributed by atoms with E-state index in [4.69, 9.17) is 4.74 Å². The molecule has 1 heterocycles. The van der Waals surface area contributed by atoms with Gasteiger partial charge in [-0.05, 0) is 43.4 Å². The number of halogens is 1. The largest absolute Gasteiger partial charge is 0.496 e. The van der Waals surface area contributed by atoms with E-state index in [0.717, 1.165) is 35.9 Å². The third kappa shape index (κ3) is 1.62. The molecule has 1 aromatic rings. The minimum absolute atomic E-state index is 0.0795. The fourth-order valence-electron chi connectivity index (χ4n) is 3.24. The SMILES string of the molecule is COc1ccc(Br)c2c1[C@]1(CC2)CCC(O)N1. The predicted octanol–water partition coefficient (Wildman–Crippen LogP) is 2.30. The van der Waals surface area contributed by atoms with Crippen molar-refractivity contribution in [1.82, 2.24) is 5.32 Å². The number of aliphatic hydroxyl groups is 1. The van der Waals surface area contributed by atoms with Gasteiger partial charge in [-0.3, -0.25) is 5.32 Å². The van der Waals surface area contributed by atoms with E-state index in [1.807, 2.05) is 12.1 Å². The Balaban J connectivity index is 2.15. The number of benzene rings is 1. The summed E-state index contributed by atoms with van der Waals surface area (Å²) >= 11 is 3.61. The molecule has 2 atom stereocenters. The minimum Gasteiger partial charge on any atom is -0.496 e. The van der Waals surface area contributed by atoms with Gasteiger partial charge in [0.2, 0.25) is 0 Å². The number of rotatable bonds is 1. The second-order valence-corrected chi connectivity index (χ2v) is 5.74. The van der Waals surface area contributed by atoms with Gasteiger partial charge in [-0.25, -0.2) is 0 Å². The third-order valence-electron chi connectivity index (χ3n) is 4.01. The summed E-state index contributed by atoms with van der Waals surface area (Å²) in [6.07, 6.45) is 3.48. The van der Waals surface area contributed by atoms with Gasteiger partial charge >= 0.3 is 0 Å². The Kier molecular flexibility index (Phi) is 2.69. The Labute approximate surface area is 109 Å². The molecule has 17 heavy (non-hydrogen) atoms. The molecule has 1 spiro atoms. The summed E-state index contributed by atoms with van der Waals surface area (Å²) in [7, 11) is 1.71.